The van der Waals surface area contributed by atoms with Crippen molar-refractivity contribution in [3.63, 3.8) is 0 Å². The topological polar surface area (TPSA) is 98.7 Å². The Morgan fingerprint density at radius 2 is 1.88 bits per heavy atom. The number of amides is 1. The molecule has 1 aliphatic rings. The minimum absolute atomic E-state index is 0.0392. The van der Waals surface area contributed by atoms with Crippen molar-refractivity contribution in [2.45, 2.75) is 5.16 Å². The molecule has 0 aliphatic carbocycles. The third-order valence-electron chi connectivity index (χ3n) is 5.44. The molecule has 11 heteroatoms. The van der Waals surface area contributed by atoms with Gasteiger partial charge in [0.25, 0.3) is 0 Å². The van der Waals surface area contributed by atoms with Crippen LogP contribution in [0.3, 0.4) is 0 Å². The molecule has 1 fully saturated rings. The second kappa shape index (κ2) is 10.2. The number of nitrogens with two attached hydrogens (primary N) is 1. The van der Waals surface area contributed by atoms with Crippen LogP contribution < -0.4 is 20.2 Å². The second-order valence-corrected chi connectivity index (χ2v) is 8.76. The molecule has 2 N–H and O–H groups in total. The van der Waals surface area contributed by atoms with Gasteiger partial charge in [-0.3, -0.25) is 4.79 Å². The van der Waals surface area contributed by atoms with Crippen LogP contribution >= 0.6 is 23.4 Å². The fourth-order valence-corrected chi connectivity index (χ4v) is 4.59. The van der Waals surface area contributed by atoms with Gasteiger partial charge in [-0.15, -0.1) is 10.2 Å². The zero-order chi connectivity index (χ0) is 23.4. The molecule has 33 heavy (non-hydrogen) atoms. The van der Waals surface area contributed by atoms with E-state index in [0.717, 1.165) is 18.8 Å². The van der Waals surface area contributed by atoms with Gasteiger partial charge in [-0.1, -0.05) is 29.4 Å². The molecule has 1 aliphatic heterocycles. The van der Waals surface area contributed by atoms with Crippen LogP contribution in [-0.4, -0.2) is 71.8 Å². The average Bonchev–Trinajstić information content (AvgIpc) is 3.22. The first kappa shape index (κ1) is 23.1. The second-order valence-electron chi connectivity index (χ2n) is 7.38. The van der Waals surface area contributed by atoms with Gasteiger partial charge in [0.1, 0.15) is 11.5 Å². The van der Waals surface area contributed by atoms with Crippen LogP contribution in [0.1, 0.15) is 0 Å². The van der Waals surface area contributed by atoms with E-state index < -0.39 is 0 Å². The van der Waals surface area contributed by atoms with Gasteiger partial charge in [0.15, 0.2) is 5.82 Å². The zero-order valence-electron chi connectivity index (χ0n) is 18.4. The number of carbonyl (C=O) groups is 1. The zero-order valence-corrected chi connectivity index (χ0v) is 20.0. The Labute approximate surface area is 201 Å². The molecule has 2 heterocycles. The van der Waals surface area contributed by atoms with Crippen molar-refractivity contribution < 1.29 is 14.3 Å². The maximum absolute atomic E-state index is 12.8. The van der Waals surface area contributed by atoms with Crippen LogP contribution in [0.2, 0.25) is 5.02 Å². The minimum atomic E-state index is 0.0392. The Morgan fingerprint density at radius 3 is 2.58 bits per heavy atom. The standard InChI is InChI=1S/C22H25ClN6O3S/c1-31-17-6-7-18(19(13-17)32-2)21-25-26-22(29(21)24)33-14-20(30)28-10-8-27(9-11-28)16-5-3-4-15(23)12-16/h3-7,12-13H,8-11,14,24H2,1-2H3. The Kier molecular flexibility index (Phi) is 7.14. The van der Waals surface area contributed by atoms with E-state index in [2.05, 4.69) is 15.1 Å². The van der Waals surface area contributed by atoms with Crippen molar-refractivity contribution in [2.75, 3.05) is 56.9 Å². The smallest absolute Gasteiger partial charge is 0.233 e. The lowest BCUT2D eigenvalue weighted by atomic mass is 10.2. The molecule has 1 aromatic heterocycles. The number of nitrogens with zero attached hydrogens (tertiary/aromatic N) is 5. The summed E-state index contributed by atoms with van der Waals surface area (Å²) in [7, 11) is 3.15. The van der Waals surface area contributed by atoms with E-state index in [1.54, 1.807) is 26.4 Å². The highest BCUT2D eigenvalue weighted by Crippen LogP contribution is 2.33. The largest absolute Gasteiger partial charge is 0.497 e. The van der Waals surface area contributed by atoms with Gasteiger partial charge >= 0.3 is 0 Å². The van der Waals surface area contributed by atoms with E-state index in [1.165, 1.54) is 16.4 Å². The number of benzene rings is 2. The van der Waals surface area contributed by atoms with E-state index >= 15 is 0 Å². The monoisotopic (exact) mass is 488 g/mol. The number of rotatable bonds is 7. The van der Waals surface area contributed by atoms with Crippen LogP contribution in [0.5, 0.6) is 11.5 Å². The predicted octanol–water partition coefficient (Wildman–Crippen LogP) is 2.77. The lowest BCUT2D eigenvalue weighted by Gasteiger charge is -2.36. The Bertz CT molecular complexity index is 1130. The molecule has 2 aromatic carbocycles. The SMILES string of the molecule is COc1ccc(-c2nnc(SCC(=O)N3CCN(c4cccc(Cl)c4)CC3)n2N)c(OC)c1. The maximum atomic E-state index is 12.8. The molecule has 0 radical (unpaired) electrons. The van der Waals surface area contributed by atoms with Gasteiger partial charge in [-0.25, -0.2) is 4.68 Å². The average molecular weight is 489 g/mol. The lowest BCUT2D eigenvalue weighted by molar-refractivity contribution is -0.128. The molecule has 3 aromatic rings. The van der Waals surface area contributed by atoms with Crippen molar-refractivity contribution in [1.82, 2.24) is 19.8 Å². The van der Waals surface area contributed by atoms with Crippen LogP contribution in [0, 0.1) is 0 Å². The van der Waals surface area contributed by atoms with E-state index in [9.17, 15) is 4.79 Å². The summed E-state index contributed by atoms with van der Waals surface area (Å²) in [6, 6.07) is 13.1. The number of thioether (sulfide) groups is 1. The Morgan fingerprint density at radius 1 is 1.09 bits per heavy atom. The van der Waals surface area contributed by atoms with Gasteiger partial charge in [0.2, 0.25) is 11.1 Å². The summed E-state index contributed by atoms with van der Waals surface area (Å²) < 4.78 is 12.0. The Hall–Kier alpha value is -3.11. The van der Waals surface area contributed by atoms with Crippen LogP contribution in [0.4, 0.5) is 5.69 Å². The molecule has 0 unspecified atom stereocenters. The predicted molar refractivity (Wildman–Crippen MR) is 130 cm³/mol. The molecular formula is C22H25ClN6O3S. The van der Waals surface area contributed by atoms with Crippen LogP contribution in [0.25, 0.3) is 11.4 Å². The molecule has 4 rings (SSSR count). The van der Waals surface area contributed by atoms with E-state index in [1.807, 2.05) is 35.2 Å². The normalized spacial score (nSPS) is 13.8. The molecule has 174 valence electrons. The summed E-state index contributed by atoms with van der Waals surface area (Å²) in [5.41, 5.74) is 1.75. The minimum Gasteiger partial charge on any atom is -0.497 e. The fourth-order valence-electron chi connectivity index (χ4n) is 3.65. The number of methoxy groups -OCH3 is 2. The summed E-state index contributed by atoms with van der Waals surface area (Å²) in [6.45, 7) is 2.81. The number of piperazine rings is 1. The summed E-state index contributed by atoms with van der Waals surface area (Å²) in [4.78, 5) is 16.9. The molecule has 0 spiro atoms. The van der Waals surface area contributed by atoms with Gasteiger partial charge < -0.3 is 25.1 Å². The fraction of sp³-hybridized carbons (Fsp3) is 0.318. The van der Waals surface area contributed by atoms with Crippen molar-refractivity contribution in [3.05, 3.63) is 47.5 Å². The first-order valence-electron chi connectivity index (χ1n) is 10.3. The molecule has 0 saturated carbocycles. The van der Waals surface area contributed by atoms with Gasteiger partial charge in [0.05, 0.1) is 25.5 Å². The number of nitrogen functional groups attached to an aromatic ring is 1. The first-order valence-corrected chi connectivity index (χ1v) is 11.7. The van der Waals surface area contributed by atoms with Crippen molar-refractivity contribution in [3.8, 4) is 22.9 Å². The molecule has 9 nitrogen and oxygen atoms in total. The van der Waals surface area contributed by atoms with E-state index in [0.29, 0.717) is 46.2 Å². The van der Waals surface area contributed by atoms with Crippen LogP contribution in [-0.2, 0) is 4.79 Å². The molecule has 1 amide bonds. The summed E-state index contributed by atoms with van der Waals surface area (Å²) >= 11 is 7.36. The number of anilines is 1. The number of aromatic nitrogens is 3. The maximum Gasteiger partial charge on any atom is 0.233 e. The molecule has 0 bridgehead atoms. The molecule has 1 saturated heterocycles. The van der Waals surface area contributed by atoms with Gasteiger partial charge in [-0.05, 0) is 30.3 Å². The van der Waals surface area contributed by atoms with Crippen molar-refractivity contribution >= 4 is 35.0 Å². The lowest BCUT2D eigenvalue weighted by Crippen LogP contribution is -2.49. The summed E-state index contributed by atoms with van der Waals surface area (Å²) in [5, 5.41) is 9.52. The quantitative estimate of drug-likeness (QED) is 0.400. The van der Waals surface area contributed by atoms with E-state index in [4.69, 9.17) is 26.9 Å². The number of carbonyl (C=O) groups excluding carboxylic acids is 1. The van der Waals surface area contributed by atoms with Crippen molar-refractivity contribution in [2.24, 2.45) is 0 Å². The van der Waals surface area contributed by atoms with Crippen molar-refractivity contribution in [1.29, 1.82) is 0 Å². The van der Waals surface area contributed by atoms with Gasteiger partial charge in [0, 0.05) is 43.0 Å². The van der Waals surface area contributed by atoms with Gasteiger partial charge in [-0.2, -0.15) is 0 Å². The highest BCUT2D eigenvalue weighted by Gasteiger charge is 2.23. The third-order valence-corrected chi connectivity index (χ3v) is 6.61. The number of hydrogen-bond acceptors (Lipinski definition) is 8. The summed E-state index contributed by atoms with van der Waals surface area (Å²) in [5.74, 6) is 8.17. The highest BCUT2D eigenvalue weighted by atomic mass is 35.5. The summed E-state index contributed by atoms with van der Waals surface area (Å²) in [6.07, 6.45) is 0. The Balaban J connectivity index is 1.36. The first-order chi connectivity index (χ1) is 16.0. The number of hydrogen-bond donors (Lipinski definition) is 1. The van der Waals surface area contributed by atoms with E-state index in [-0.39, 0.29) is 11.7 Å². The highest BCUT2D eigenvalue weighted by molar-refractivity contribution is 7.99. The number of halogens is 1. The molecule has 0 atom stereocenters. The third kappa shape index (κ3) is 5.12. The number of ether oxygens (including phenoxy) is 2. The molecular weight excluding hydrogens is 464 g/mol. The van der Waals surface area contributed by atoms with Crippen LogP contribution in [0.15, 0.2) is 47.6 Å².